The van der Waals surface area contributed by atoms with E-state index in [0.717, 1.165) is 22.7 Å². The van der Waals surface area contributed by atoms with Crippen molar-refractivity contribution in [1.82, 2.24) is 9.97 Å². The Morgan fingerprint density at radius 2 is 1.44 bits per heavy atom. The second kappa shape index (κ2) is 11.1. The second-order valence-electron chi connectivity index (χ2n) is 4.29. The maximum atomic E-state index is 11.2. The predicted molar refractivity (Wildman–Crippen MR) is 99.0 cm³/mol. The molecule has 0 saturated carbocycles. The van der Waals surface area contributed by atoms with Crippen LogP contribution in [0.25, 0.3) is 0 Å². The molecule has 2 heterocycles. The van der Waals surface area contributed by atoms with Crippen molar-refractivity contribution in [3.63, 3.8) is 0 Å². The molecule has 0 amide bonds. The molecule has 0 spiro atoms. The first kappa shape index (κ1) is 23.2. The number of nitrogens with zero attached hydrogens (tertiary/aromatic N) is 2. The Kier molecular flexibility index (Phi) is 9.60. The van der Waals surface area contributed by atoms with Gasteiger partial charge in [-0.3, -0.25) is 0 Å². The smallest absolute Gasteiger partial charge is 0.356 e. The summed E-state index contributed by atoms with van der Waals surface area (Å²) < 4.78 is 9.62. The van der Waals surface area contributed by atoms with Gasteiger partial charge in [-0.1, -0.05) is 45.9 Å². The molecule has 27 heavy (non-hydrogen) atoms. The summed E-state index contributed by atoms with van der Waals surface area (Å²) in [5, 5.41) is 17.5. The summed E-state index contributed by atoms with van der Waals surface area (Å²) in [6.45, 7) is 3.49. The molecule has 0 aromatic carbocycles. The predicted octanol–water partition coefficient (Wildman–Crippen LogP) is 3.14. The van der Waals surface area contributed by atoms with E-state index in [0.29, 0.717) is 6.61 Å². The SMILES string of the molecule is CCOC(=O)c1sc(Cl)nc1C(=O)O.CCOC(=O)c1sc(Cl)nc1CO. The molecular formula is C14H14Cl2N2O7S2. The lowest BCUT2D eigenvalue weighted by atomic mass is 10.4. The summed E-state index contributed by atoms with van der Waals surface area (Å²) in [4.78, 5) is 40.5. The Balaban J connectivity index is 0.000000271. The zero-order chi connectivity index (χ0) is 20.6. The van der Waals surface area contributed by atoms with Crippen molar-refractivity contribution in [2.75, 3.05) is 13.2 Å². The van der Waals surface area contributed by atoms with Crippen LogP contribution in [-0.4, -0.2) is 51.3 Å². The quantitative estimate of drug-likeness (QED) is 0.627. The number of aliphatic hydroxyl groups is 1. The molecule has 0 aliphatic heterocycles. The van der Waals surface area contributed by atoms with Gasteiger partial charge < -0.3 is 19.7 Å². The summed E-state index contributed by atoms with van der Waals surface area (Å²) in [5.41, 5.74) is -0.0908. The van der Waals surface area contributed by atoms with E-state index in [1.807, 2.05) is 0 Å². The van der Waals surface area contributed by atoms with Gasteiger partial charge in [0.05, 0.1) is 25.5 Å². The average Bonchev–Trinajstić information content (AvgIpc) is 3.18. The van der Waals surface area contributed by atoms with E-state index in [1.165, 1.54) is 0 Å². The summed E-state index contributed by atoms with van der Waals surface area (Å²) in [5.74, 6) is -2.50. The van der Waals surface area contributed by atoms with Crippen LogP contribution in [0.1, 0.15) is 49.4 Å². The normalized spacial score (nSPS) is 9.96. The Labute approximate surface area is 171 Å². The summed E-state index contributed by atoms with van der Waals surface area (Å²) in [6, 6.07) is 0. The highest BCUT2D eigenvalue weighted by molar-refractivity contribution is 7.18. The van der Waals surface area contributed by atoms with Gasteiger partial charge in [-0.15, -0.1) is 0 Å². The van der Waals surface area contributed by atoms with Crippen LogP contribution in [0.4, 0.5) is 0 Å². The molecule has 0 bridgehead atoms. The van der Waals surface area contributed by atoms with E-state index < -0.39 is 17.9 Å². The van der Waals surface area contributed by atoms with Gasteiger partial charge in [-0.25, -0.2) is 24.4 Å². The standard InChI is InChI=1S/C7H6ClNO4S.C7H8ClNO3S/c1-2-13-6(12)4-3(5(10)11)9-7(8)14-4;1-2-12-6(11)5-4(3-10)9-7(8)13-5/h2H2,1H3,(H,10,11);10H,2-3H2,1H3. The van der Waals surface area contributed by atoms with Crippen molar-refractivity contribution in [2.45, 2.75) is 20.5 Å². The van der Waals surface area contributed by atoms with Crippen LogP contribution in [0.5, 0.6) is 0 Å². The molecule has 0 radical (unpaired) electrons. The maximum Gasteiger partial charge on any atom is 0.356 e. The number of carboxylic acid groups (broad SMARTS) is 1. The number of esters is 2. The molecule has 0 fully saturated rings. The number of hydrogen-bond donors (Lipinski definition) is 2. The van der Waals surface area contributed by atoms with Gasteiger partial charge in [0.1, 0.15) is 9.75 Å². The third-order valence-electron chi connectivity index (χ3n) is 2.55. The molecule has 2 rings (SSSR count). The molecule has 2 N–H and O–H groups in total. The van der Waals surface area contributed by atoms with Gasteiger partial charge in [0.15, 0.2) is 14.6 Å². The maximum absolute atomic E-state index is 11.2. The molecule has 9 nitrogen and oxygen atoms in total. The second-order valence-corrected chi connectivity index (χ2v) is 7.45. The number of rotatable bonds is 6. The first-order valence-electron chi connectivity index (χ1n) is 7.24. The number of carbonyl (C=O) groups is 3. The zero-order valence-corrected chi connectivity index (χ0v) is 17.2. The fourth-order valence-corrected chi connectivity index (χ4v) is 3.58. The van der Waals surface area contributed by atoms with E-state index in [2.05, 4.69) is 14.7 Å². The molecule has 0 unspecified atom stereocenters. The van der Waals surface area contributed by atoms with Crippen LogP contribution < -0.4 is 0 Å². The Bertz CT molecular complexity index is 822. The van der Waals surface area contributed by atoms with Gasteiger partial charge >= 0.3 is 17.9 Å². The van der Waals surface area contributed by atoms with Crippen molar-refractivity contribution in [3.05, 3.63) is 30.1 Å². The first-order chi connectivity index (χ1) is 12.7. The topological polar surface area (TPSA) is 136 Å². The number of aromatic carboxylic acids is 1. The Morgan fingerprint density at radius 1 is 0.963 bits per heavy atom. The highest BCUT2D eigenvalue weighted by atomic mass is 35.5. The lowest BCUT2D eigenvalue weighted by Gasteiger charge is -1.98. The van der Waals surface area contributed by atoms with E-state index in [9.17, 15) is 14.4 Å². The van der Waals surface area contributed by atoms with Gasteiger partial charge in [-0.05, 0) is 13.8 Å². The highest BCUT2D eigenvalue weighted by Crippen LogP contribution is 2.24. The molecule has 0 aliphatic rings. The van der Waals surface area contributed by atoms with Crippen LogP contribution in [-0.2, 0) is 16.1 Å². The third kappa shape index (κ3) is 6.70. The minimum Gasteiger partial charge on any atom is -0.476 e. The molecule has 2 aromatic rings. The van der Waals surface area contributed by atoms with E-state index >= 15 is 0 Å². The van der Waals surface area contributed by atoms with E-state index in [-0.39, 0.29) is 43.3 Å². The molecule has 0 atom stereocenters. The lowest BCUT2D eigenvalue weighted by Crippen LogP contribution is -2.09. The number of carbonyl (C=O) groups excluding carboxylic acids is 2. The minimum absolute atomic E-state index is 0.00505. The number of carboxylic acids is 1. The number of thiazole rings is 2. The zero-order valence-electron chi connectivity index (χ0n) is 14.0. The molecule has 148 valence electrons. The third-order valence-corrected chi connectivity index (χ3v) is 4.87. The van der Waals surface area contributed by atoms with Crippen molar-refractivity contribution in [3.8, 4) is 0 Å². The molecular weight excluding hydrogens is 443 g/mol. The monoisotopic (exact) mass is 456 g/mol. The van der Waals surface area contributed by atoms with Crippen molar-refractivity contribution in [1.29, 1.82) is 0 Å². The fourth-order valence-electron chi connectivity index (χ4n) is 1.56. The number of ether oxygens (including phenoxy) is 2. The van der Waals surface area contributed by atoms with Crippen LogP contribution in [0.2, 0.25) is 8.93 Å². The molecule has 2 aromatic heterocycles. The van der Waals surface area contributed by atoms with Crippen LogP contribution >= 0.6 is 45.9 Å². The molecule has 0 saturated heterocycles. The number of hydrogen-bond acceptors (Lipinski definition) is 10. The van der Waals surface area contributed by atoms with Gasteiger partial charge in [-0.2, -0.15) is 0 Å². The molecule has 0 aliphatic carbocycles. The minimum atomic E-state index is -1.30. The van der Waals surface area contributed by atoms with Crippen molar-refractivity contribution >= 4 is 63.8 Å². The highest BCUT2D eigenvalue weighted by Gasteiger charge is 2.23. The molecule has 13 heteroatoms. The Hall–Kier alpha value is -1.79. The van der Waals surface area contributed by atoms with Crippen LogP contribution in [0.15, 0.2) is 0 Å². The van der Waals surface area contributed by atoms with Crippen LogP contribution in [0.3, 0.4) is 0 Å². The van der Waals surface area contributed by atoms with Gasteiger partial charge in [0.25, 0.3) is 0 Å². The lowest BCUT2D eigenvalue weighted by molar-refractivity contribution is 0.0515. The Morgan fingerprint density at radius 3 is 1.93 bits per heavy atom. The van der Waals surface area contributed by atoms with Crippen molar-refractivity contribution in [2.24, 2.45) is 0 Å². The summed E-state index contributed by atoms with van der Waals surface area (Å²) >= 11 is 12.9. The number of aromatic nitrogens is 2. The van der Waals surface area contributed by atoms with Gasteiger partial charge in [0.2, 0.25) is 0 Å². The van der Waals surface area contributed by atoms with Crippen molar-refractivity contribution < 1.29 is 34.1 Å². The number of aliphatic hydroxyl groups excluding tert-OH is 1. The first-order valence-corrected chi connectivity index (χ1v) is 9.63. The largest absolute Gasteiger partial charge is 0.476 e. The fraction of sp³-hybridized carbons (Fsp3) is 0.357. The van der Waals surface area contributed by atoms with Gasteiger partial charge in [0, 0.05) is 0 Å². The average molecular weight is 457 g/mol. The summed E-state index contributed by atoms with van der Waals surface area (Å²) in [6.07, 6.45) is 0. The van der Waals surface area contributed by atoms with E-state index in [1.54, 1.807) is 13.8 Å². The number of halogens is 2. The van der Waals surface area contributed by atoms with Crippen LogP contribution in [0, 0.1) is 0 Å². The van der Waals surface area contributed by atoms with E-state index in [4.69, 9.17) is 38.2 Å². The summed E-state index contributed by atoms with van der Waals surface area (Å²) in [7, 11) is 0.